The number of hydrogen-bond acceptors (Lipinski definition) is 4. The first kappa shape index (κ1) is 14.0. The van der Waals surface area contributed by atoms with E-state index in [1.165, 1.54) is 0 Å². The highest BCUT2D eigenvalue weighted by Gasteiger charge is 2.08. The summed E-state index contributed by atoms with van der Waals surface area (Å²) in [4.78, 5) is 4.45. The van der Waals surface area contributed by atoms with Gasteiger partial charge in [0, 0.05) is 27.5 Å². The Bertz CT molecular complexity index is 1100. The van der Waals surface area contributed by atoms with Gasteiger partial charge in [-0.1, -0.05) is 45.4 Å². The van der Waals surface area contributed by atoms with Gasteiger partial charge in [0.2, 0.25) is 0 Å². The Hall–Kier alpha value is -2.66. The number of hydrogen-bond donors (Lipinski definition) is 1. The number of pyridine rings is 1. The molecule has 2 aromatic heterocycles. The maximum Gasteiger partial charge on any atom is 0.155 e. The topological polar surface area (TPSA) is 58.6 Å². The van der Waals surface area contributed by atoms with Crippen molar-refractivity contribution < 1.29 is 9.62 Å². The molecule has 0 saturated carbocycles. The largest absolute Gasteiger partial charge is 0.454 e. The Morgan fingerprint density at radius 1 is 1.00 bits per heavy atom. The maximum atomic E-state index is 9.32. The van der Waals surface area contributed by atoms with Gasteiger partial charge in [-0.25, -0.2) is 0 Å². The number of aromatic nitrogens is 1. The van der Waals surface area contributed by atoms with Crippen molar-refractivity contribution in [2.45, 2.75) is 0 Å². The van der Waals surface area contributed by atoms with Crippen LogP contribution in [0.15, 0.2) is 74.8 Å². The number of halogens is 1. The van der Waals surface area contributed by atoms with Crippen molar-refractivity contribution in [2.75, 3.05) is 0 Å². The van der Waals surface area contributed by atoms with E-state index in [2.05, 4.69) is 26.1 Å². The molecule has 0 saturated heterocycles. The highest BCUT2D eigenvalue weighted by molar-refractivity contribution is 9.10. The molecule has 0 radical (unpaired) electrons. The van der Waals surface area contributed by atoms with Crippen LogP contribution in [-0.4, -0.2) is 10.2 Å². The van der Waals surface area contributed by atoms with Crippen LogP contribution >= 0.6 is 15.9 Å². The minimum atomic E-state index is 0.442. The van der Waals surface area contributed by atoms with Gasteiger partial charge in [0.1, 0.15) is 16.6 Å². The summed E-state index contributed by atoms with van der Waals surface area (Å²) in [6.07, 6.45) is 1.81. The van der Waals surface area contributed by atoms with Crippen LogP contribution in [0.1, 0.15) is 0 Å². The SMILES string of the molecule is ON=c1cc(-c2cc3ccccc3cn2)oc2ccc(Br)cc12. The van der Waals surface area contributed by atoms with Gasteiger partial charge >= 0.3 is 0 Å². The fourth-order valence-corrected chi connectivity index (χ4v) is 2.93. The van der Waals surface area contributed by atoms with Gasteiger partial charge in [-0.2, -0.15) is 0 Å². The Balaban J connectivity index is 1.99. The van der Waals surface area contributed by atoms with Gasteiger partial charge in [0.25, 0.3) is 0 Å². The normalized spacial score (nSPS) is 12.1. The quantitative estimate of drug-likeness (QED) is 0.392. The van der Waals surface area contributed by atoms with E-state index in [-0.39, 0.29) is 0 Å². The van der Waals surface area contributed by atoms with E-state index < -0.39 is 0 Å². The van der Waals surface area contributed by atoms with Crippen LogP contribution in [0.4, 0.5) is 0 Å². The molecule has 0 aliphatic rings. The highest BCUT2D eigenvalue weighted by atomic mass is 79.9. The lowest BCUT2D eigenvalue weighted by atomic mass is 10.1. The third kappa shape index (κ3) is 2.49. The van der Waals surface area contributed by atoms with Gasteiger partial charge in [-0.05, 0) is 29.7 Å². The Labute approximate surface area is 139 Å². The molecule has 0 atom stereocenters. The molecule has 0 unspecified atom stereocenters. The third-order valence-corrected chi connectivity index (χ3v) is 4.19. The lowest BCUT2D eigenvalue weighted by Crippen LogP contribution is -2.03. The second kappa shape index (κ2) is 5.52. The molecule has 0 aliphatic heterocycles. The van der Waals surface area contributed by atoms with Crippen molar-refractivity contribution in [3.8, 4) is 11.5 Å². The van der Waals surface area contributed by atoms with E-state index in [4.69, 9.17) is 4.42 Å². The van der Waals surface area contributed by atoms with Crippen LogP contribution in [0.3, 0.4) is 0 Å². The zero-order valence-corrected chi connectivity index (χ0v) is 13.5. The summed E-state index contributed by atoms with van der Waals surface area (Å²) in [5, 5.41) is 16.0. The zero-order chi connectivity index (χ0) is 15.8. The fraction of sp³-hybridized carbons (Fsp3) is 0. The van der Waals surface area contributed by atoms with Crippen LogP contribution in [-0.2, 0) is 0 Å². The summed E-state index contributed by atoms with van der Waals surface area (Å²) in [6, 6.07) is 17.2. The summed E-state index contributed by atoms with van der Waals surface area (Å²) in [5.41, 5.74) is 1.33. The van der Waals surface area contributed by atoms with Crippen LogP contribution in [0.5, 0.6) is 0 Å². The molecule has 4 aromatic rings. The van der Waals surface area contributed by atoms with Crippen molar-refractivity contribution >= 4 is 37.7 Å². The first-order valence-electron chi connectivity index (χ1n) is 7.01. The lowest BCUT2D eigenvalue weighted by molar-refractivity contribution is 0.302. The molecule has 0 amide bonds. The van der Waals surface area contributed by atoms with Gasteiger partial charge in [-0.3, -0.25) is 4.98 Å². The standard InChI is InChI=1S/C18H11BrN2O2/c19-13-5-6-17-14(8-13)15(21-22)9-18(23-17)16-7-11-3-1-2-4-12(11)10-20-16/h1-10,22H. The molecule has 0 aliphatic carbocycles. The molecule has 0 spiro atoms. The summed E-state index contributed by atoms with van der Waals surface area (Å²) < 4.78 is 6.83. The lowest BCUT2D eigenvalue weighted by Gasteiger charge is -2.05. The first-order chi connectivity index (χ1) is 11.2. The number of benzene rings is 2. The average molecular weight is 367 g/mol. The Morgan fingerprint density at radius 3 is 2.65 bits per heavy atom. The van der Waals surface area contributed by atoms with Gasteiger partial charge in [0.05, 0.1) is 0 Å². The predicted octanol–water partition coefficient (Wildman–Crippen LogP) is 4.70. The fourth-order valence-electron chi connectivity index (χ4n) is 2.57. The highest BCUT2D eigenvalue weighted by Crippen LogP contribution is 2.25. The molecule has 112 valence electrons. The van der Waals surface area contributed by atoms with E-state index in [1.54, 1.807) is 6.07 Å². The smallest absolute Gasteiger partial charge is 0.155 e. The summed E-state index contributed by atoms with van der Waals surface area (Å²) in [7, 11) is 0. The summed E-state index contributed by atoms with van der Waals surface area (Å²) in [6.45, 7) is 0. The molecule has 1 N–H and O–H groups in total. The first-order valence-corrected chi connectivity index (χ1v) is 7.80. The second-order valence-corrected chi connectivity index (χ2v) is 6.07. The predicted molar refractivity (Wildman–Crippen MR) is 92.0 cm³/mol. The van der Waals surface area contributed by atoms with Crippen LogP contribution < -0.4 is 5.36 Å². The summed E-state index contributed by atoms with van der Waals surface area (Å²) in [5.74, 6) is 0.554. The molecule has 2 heterocycles. The molecule has 4 nitrogen and oxygen atoms in total. The second-order valence-electron chi connectivity index (χ2n) is 5.15. The van der Waals surface area contributed by atoms with Crippen molar-refractivity contribution in [3.63, 3.8) is 0 Å². The Morgan fingerprint density at radius 2 is 1.83 bits per heavy atom. The van der Waals surface area contributed by atoms with Crippen molar-refractivity contribution in [1.29, 1.82) is 0 Å². The van der Waals surface area contributed by atoms with E-state index in [0.717, 1.165) is 20.6 Å². The van der Waals surface area contributed by atoms with Crippen molar-refractivity contribution in [2.24, 2.45) is 5.16 Å². The molecule has 2 aromatic carbocycles. The molecular formula is C18H11BrN2O2. The van der Waals surface area contributed by atoms with Gasteiger partial charge in [-0.15, -0.1) is 0 Å². The van der Waals surface area contributed by atoms with Gasteiger partial charge in [0.15, 0.2) is 5.76 Å². The van der Waals surface area contributed by atoms with Crippen molar-refractivity contribution in [1.82, 2.24) is 4.98 Å². The average Bonchev–Trinajstić information content (AvgIpc) is 2.60. The monoisotopic (exact) mass is 366 g/mol. The minimum absolute atomic E-state index is 0.442. The molecule has 0 bridgehead atoms. The molecule has 4 rings (SSSR count). The van der Waals surface area contributed by atoms with Crippen molar-refractivity contribution in [3.05, 3.63) is 70.6 Å². The van der Waals surface area contributed by atoms with E-state index >= 15 is 0 Å². The Kier molecular flexibility index (Phi) is 3.35. The molecule has 5 heteroatoms. The number of rotatable bonds is 1. The number of fused-ring (bicyclic) bond motifs is 2. The zero-order valence-electron chi connectivity index (χ0n) is 11.9. The molecular weight excluding hydrogens is 356 g/mol. The van der Waals surface area contributed by atoms with Crippen LogP contribution in [0.25, 0.3) is 33.2 Å². The van der Waals surface area contributed by atoms with E-state index in [1.807, 2.05) is 54.7 Å². The third-order valence-electron chi connectivity index (χ3n) is 3.70. The van der Waals surface area contributed by atoms with Gasteiger partial charge < -0.3 is 9.62 Å². The minimum Gasteiger partial charge on any atom is -0.454 e. The van der Waals surface area contributed by atoms with Crippen LogP contribution in [0.2, 0.25) is 0 Å². The molecule has 0 fully saturated rings. The molecule has 23 heavy (non-hydrogen) atoms. The maximum absolute atomic E-state index is 9.32. The summed E-state index contributed by atoms with van der Waals surface area (Å²) >= 11 is 3.41. The van der Waals surface area contributed by atoms with Crippen LogP contribution in [0, 0.1) is 0 Å². The number of nitrogens with zero attached hydrogens (tertiary/aromatic N) is 2. The van der Waals surface area contributed by atoms with E-state index in [0.29, 0.717) is 22.4 Å². The van der Waals surface area contributed by atoms with E-state index in [9.17, 15) is 5.21 Å².